The second kappa shape index (κ2) is 4.63. The molecule has 0 N–H and O–H groups in total. The van der Waals surface area contributed by atoms with E-state index in [4.69, 9.17) is 0 Å². The molecule has 0 saturated heterocycles. The molecule has 0 spiro atoms. The van der Waals surface area contributed by atoms with Crippen molar-refractivity contribution in [2.45, 2.75) is 20.3 Å². The summed E-state index contributed by atoms with van der Waals surface area (Å²) < 4.78 is 0. The molecule has 0 heterocycles. The van der Waals surface area contributed by atoms with Gasteiger partial charge < -0.3 is 0 Å². The summed E-state index contributed by atoms with van der Waals surface area (Å²) in [5, 5.41) is 0. The third-order valence-electron chi connectivity index (χ3n) is 0.753. The van der Waals surface area contributed by atoms with Gasteiger partial charge in [-0.15, -0.1) is 0 Å². The van der Waals surface area contributed by atoms with Crippen LogP contribution in [0.5, 0.6) is 0 Å². The Morgan fingerprint density at radius 1 is 1.62 bits per heavy atom. The molecule has 0 aromatic rings. The van der Waals surface area contributed by atoms with Gasteiger partial charge in [0.15, 0.2) is 0 Å². The number of allylic oxidation sites excluding steroid dienone is 4. The van der Waals surface area contributed by atoms with Crippen molar-refractivity contribution in [3.63, 3.8) is 0 Å². The van der Waals surface area contributed by atoms with E-state index in [1.54, 1.807) is 0 Å². The molecule has 0 atom stereocenters. The Hall–Kier alpha value is -0.520. The van der Waals surface area contributed by atoms with Crippen molar-refractivity contribution in [3.05, 3.63) is 30.7 Å². The molecule has 0 heteroatoms. The number of hydrogen-bond acceptors (Lipinski definition) is 0. The fourth-order valence-corrected chi connectivity index (χ4v) is 0.368. The van der Waals surface area contributed by atoms with Gasteiger partial charge in [-0.3, -0.25) is 0 Å². The van der Waals surface area contributed by atoms with Crippen molar-refractivity contribution in [2.24, 2.45) is 0 Å². The SMILES string of the molecule is [CH2]/C(C)=C/C=C/CC. The van der Waals surface area contributed by atoms with Crippen LogP contribution in [0.2, 0.25) is 0 Å². The van der Waals surface area contributed by atoms with Gasteiger partial charge >= 0.3 is 0 Å². The van der Waals surface area contributed by atoms with Crippen LogP contribution in [0.25, 0.3) is 0 Å². The van der Waals surface area contributed by atoms with E-state index in [0.29, 0.717) is 0 Å². The predicted octanol–water partition coefficient (Wildman–Crippen LogP) is 2.73. The van der Waals surface area contributed by atoms with E-state index in [9.17, 15) is 0 Å². The molecule has 0 aliphatic heterocycles. The molecule has 0 unspecified atom stereocenters. The zero-order valence-electron chi connectivity index (χ0n) is 5.65. The smallest absolute Gasteiger partial charge is 0.0283 e. The van der Waals surface area contributed by atoms with Crippen LogP contribution >= 0.6 is 0 Å². The quantitative estimate of drug-likeness (QED) is 0.478. The molecule has 0 aliphatic carbocycles. The molecular weight excluding hydrogens is 96.1 g/mol. The Bertz CT molecular complexity index is 92.6. The summed E-state index contributed by atoms with van der Waals surface area (Å²) in [6.45, 7) is 7.82. The van der Waals surface area contributed by atoms with Crippen molar-refractivity contribution >= 4 is 0 Å². The summed E-state index contributed by atoms with van der Waals surface area (Å²) in [4.78, 5) is 0. The van der Waals surface area contributed by atoms with Crippen molar-refractivity contribution in [1.82, 2.24) is 0 Å². The van der Waals surface area contributed by atoms with Gasteiger partial charge in [-0.05, 0) is 20.3 Å². The molecule has 8 heavy (non-hydrogen) atoms. The number of rotatable bonds is 2. The third-order valence-corrected chi connectivity index (χ3v) is 0.753. The maximum atomic E-state index is 3.72. The second-order valence-corrected chi connectivity index (χ2v) is 1.85. The Morgan fingerprint density at radius 3 is 2.62 bits per heavy atom. The van der Waals surface area contributed by atoms with Crippen LogP contribution in [0.1, 0.15) is 20.3 Å². The van der Waals surface area contributed by atoms with E-state index in [1.807, 2.05) is 19.1 Å². The molecule has 0 saturated carbocycles. The molecule has 1 radical (unpaired) electrons. The lowest BCUT2D eigenvalue weighted by molar-refractivity contribution is 1.22. The summed E-state index contributed by atoms with van der Waals surface area (Å²) in [6.07, 6.45) is 7.24. The molecule has 0 amide bonds. The Kier molecular flexibility index (Phi) is 4.33. The first-order chi connectivity index (χ1) is 3.77. The van der Waals surface area contributed by atoms with E-state index in [2.05, 4.69) is 19.9 Å². The van der Waals surface area contributed by atoms with E-state index in [0.717, 1.165) is 12.0 Å². The van der Waals surface area contributed by atoms with Crippen molar-refractivity contribution < 1.29 is 0 Å². The normalized spacial score (nSPS) is 13.1. The lowest BCUT2D eigenvalue weighted by atomic mass is 10.3. The Labute approximate surface area is 51.9 Å². The summed E-state index contributed by atoms with van der Waals surface area (Å²) in [5.41, 5.74) is 1.11. The highest BCUT2D eigenvalue weighted by molar-refractivity contribution is 5.11. The average Bonchev–Trinajstić information content (AvgIpc) is 1.66. The first-order valence-corrected chi connectivity index (χ1v) is 2.92. The first-order valence-electron chi connectivity index (χ1n) is 2.92. The van der Waals surface area contributed by atoms with Crippen LogP contribution in [-0.4, -0.2) is 0 Å². The van der Waals surface area contributed by atoms with Crippen LogP contribution in [0, 0.1) is 6.92 Å². The molecular formula is C8H13. The summed E-state index contributed by atoms with van der Waals surface area (Å²) in [6, 6.07) is 0. The molecule has 0 nitrogen and oxygen atoms in total. The highest BCUT2D eigenvalue weighted by Gasteiger charge is 1.67. The van der Waals surface area contributed by atoms with Gasteiger partial charge in [-0.2, -0.15) is 0 Å². The predicted molar refractivity (Wildman–Crippen MR) is 38.5 cm³/mol. The molecule has 0 fully saturated rings. The lowest BCUT2D eigenvalue weighted by Gasteiger charge is -1.79. The molecule has 0 aromatic carbocycles. The molecule has 0 rings (SSSR count). The standard InChI is InChI=1S/C8H13/c1-4-5-6-7-8(2)3/h5-7H,2,4H2,1,3H3/b6-5+,8-7-. The van der Waals surface area contributed by atoms with Gasteiger partial charge in [0.25, 0.3) is 0 Å². The van der Waals surface area contributed by atoms with Gasteiger partial charge in [0.2, 0.25) is 0 Å². The summed E-state index contributed by atoms with van der Waals surface area (Å²) in [7, 11) is 0. The van der Waals surface area contributed by atoms with Crippen LogP contribution < -0.4 is 0 Å². The monoisotopic (exact) mass is 109 g/mol. The Morgan fingerprint density at radius 2 is 2.25 bits per heavy atom. The van der Waals surface area contributed by atoms with Crippen LogP contribution in [0.15, 0.2) is 23.8 Å². The minimum atomic E-state index is 1.10. The second-order valence-electron chi connectivity index (χ2n) is 1.85. The van der Waals surface area contributed by atoms with Crippen molar-refractivity contribution in [1.29, 1.82) is 0 Å². The van der Waals surface area contributed by atoms with Gasteiger partial charge in [-0.1, -0.05) is 30.7 Å². The lowest BCUT2D eigenvalue weighted by Crippen LogP contribution is -1.59. The maximum absolute atomic E-state index is 3.72. The van der Waals surface area contributed by atoms with Crippen molar-refractivity contribution in [3.8, 4) is 0 Å². The minimum absolute atomic E-state index is 1.10. The van der Waals surface area contributed by atoms with E-state index in [1.165, 1.54) is 0 Å². The zero-order valence-corrected chi connectivity index (χ0v) is 5.65. The molecule has 0 bridgehead atoms. The van der Waals surface area contributed by atoms with Crippen LogP contribution in [0.3, 0.4) is 0 Å². The van der Waals surface area contributed by atoms with E-state index < -0.39 is 0 Å². The first kappa shape index (κ1) is 7.48. The van der Waals surface area contributed by atoms with Crippen LogP contribution in [-0.2, 0) is 0 Å². The minimum Gasteiger partial charge on any atom is -0.0848 e. The molecule has 0 aliphatic rings. The highest BCUT2D eigenvalue weighted by atomic mass is 13.7. The maximum Gasteiger partial charge on any atom is -0.0283 e. The van der Waals surface area contributed by atoms with Gasteiger partial charge in [0.05, 0.1) is 0 Å². The van der Waals surface area contributed by atoms with Crippen LogP contribution in [0.4, 0.5) is 0 Å². The Balaban J connectivity index is 3.42. The average molecular weight is 109 g/mol. The largest absolute Gasteiger partial charge is 0.0848 e. The summed E-state index contributed by atoms with van der Waals surface area (Å²) in [5.74, 6) is 0. The van der Waals surface area contributed by atoms with Gasteiger partial charge in [-0.25, -0.2) is 0 Å². The van der Waals surface area contributed by atoms with Gasteiger partial charge in [0, 0.05) is 0 Å². The fraction of sp³-hybridized carbons (Fsp3) is 0.375. The highest BCUT2D eigenvalue weighted by Crippen LogP contribution is 1.88. The van der Waals surface area contributed by atoms with E-state index in [-0.39, 0.29) is 0 Å². The van der Waals surface area contributed by atoms with E-state index >= 15 is 0 Å². The molecule has 0 aromatic heterocycles. The summed E-state index contributed by atoms with van der Waals surface area (Å²) >= 11 is 0. The van der Waals surface area contributed by atoms with Gasteiger partial charge in [0.1, 0.15) is 0 Å². The topological polar surface area (TPSA) is 0 Å². The number of hydrogen-bond donors (Lipinski definition) is 0. The molecule has 45 valence electrons. The zero-order chi connectivity index (χ0) is 6.41. The third kappa shape index (κ3) is 5.48. The van der Waals surface area contributed by atoms with Crippen molar-refractivity contribution in [2.75, 3.05) is 0 Å². The fourth-order valence-electron chi connectivity index (χ4n) is 0.368.